The molecule has 36 heavy (non-hydrogen) atoms. The third-order valence-electron chi connectivity index (χ3n) is 5.71. The molecule has 3 heterocycles. The van der Waals surface area contributed by atoms with Crippen LogP contribution >= 0.6 is 0 Å². The molecular formula is C22H30F3N7O4. The number of aliphatic imine (C=N–C) groups is 2. The van der Waals surface area contributed by atoms with Gasteiger partial charge in [0.15, 0.2) is 11.7 Å². The van der Waals surface area contributed by atoms with Gasteiger partial charge < -0.3 is 29.7 Å². The first-order valence-corrected chi connectivity index (χ1v) is 11.4. The van der Waals surface area contributed by atoms with Gasteiger partial charge >= 0.3 is 12.3 Å². The van der Waals surface area contributed by atoms with E-state index in [-0.39, 0.29) is 23.3 Å². The van der Waals surface area contributed by atoms with Crippen molar-refractivity contribution < 1.29 is 32.2 Å². The van der Waals surface area contributed by atoms with Crippen LogP contribution in [0.3, 0.4) is 0 Å². The highest BCUT2D eigenvalue weighted by Crippen LogP contribution is 2.35. The lowest BCUT2D eigenvalue weighted by atomic mass is 10.1. The number of carbonyl (C=O) groups excluding carboxylic acids is 1. The number of amides is 1. The van der Waals surface area contributed by atoms with Gasteiger partial charge in [-0.25, -0.2) is 24.7 Å². The Labute approximate surface area is 206 Å². The van der Waals surface area contributed by atoms with Crippen LogP contribution in [0.25, 0.3) is 5.70 Å². The number of hydrogen-bond acceptors (Lipinski definition) is 8. The minimum Gasteiger partial charge on any atom is -0.453 e. The van der Waals surface area contributed by atoms with Gasteiger partial charge in [0.1, 0.15) is 0 Å². The average Bonchev–Trinajstić information content (AvgIpc) is 2.87. The highest BCUT2D eigenvalue weighted by Gasteiger charge is 2.37. The molecule has 0 aromatic carbocycles. The number of hydrogen-bond donors (Lipinski definition) is 1. The van der Waals surface area contributed by atoms with Crippen LogP contribution in [0.5, 0.6) is 0 Å². The van der Waals surface area contributed by atoms with Gasteiger partial charge in [-0.15, -0.1) is 0 Å². The van der Waals surface area contributed by atoms with Crippen molar-refractivity contribution in [2.45, 2.75) is 38.1 Å². The number of halogens is 3. The lowest BCUT2D eigenvalue weighted by molar-refractivity contribution is -0.141. The summed E-state index contributed by atoms with van der Waals surface area (Å²) in [4.78, 5) is 30.1. The first-order valence-electron chi connectivity index (χ1n) is 11.4. The molecule has 1 amide bonds. The fourth-order valence-electron chi connectivity index (χ4n) is 3.89. The summed E-state index contributed by atoms with van der Waals surface area (Å²) in [6, 6.07) is 0. The molecule has 14 heteroatoms. The summed E-state index contributed by atoms with van der Waals surface area (Å²) in [7, 11) is 1.32. The highest BCUT2D eigenvalue weighted by atomic mass is 19.4. The van der Waals surface area contributed by atoms with Crippen LogP contribution in [0.4, 0.5) is 23.9 Å². The molecule has 198 valence electrons. The van der Waals surface area contributed by atoms with Crippen LogP contribution in [-0.2, 0) is 20.4 Å². The van der Waals surface area contributed by atoms with E-state index in [2.05, 4.69) is 26.7 Å². The molecule has 0 bridgehead atoms. The van der Waals surface area contributed by atoms with E-state index in [1.54, 1.807) is 16.7 Å². The summed E-state index contributed by atoms with van der Waals surface area (Å²) in [5.74, 6) is -0.362. The Kier molecular flexibility index (Phi) is 9.20. The molecule has 11 nitrogen and oxygen atoms in total. The number of nitrogens with zero attached hydrogens (tertiary/aromatic N) is 6. The van der Waals surface area contributed by atoms with E-state index in [1.165, 1.54) is 13.2 Å². The molecule has 1 unspecified atom stereocenters. The summed E-state index contributed by atoms with van der Waals surface area (Å²) in [6.45, 7) is 7.55. The number of morpholine rings is 1. The van der Waals surface area contributed by atoms with Crippen molar-refractivity contribution in [2.24, 2.45) is 15.7 Å². The van der Waals surface area contributed by atoms with Gasteiger partial charge in [-0.3, -0.25) is 0 Å². The van der Waals surface area contributed by atoms with Crippen molar-refractivity contribution >= 4 is 30.4 Å². The van der Waals surface area contributed by atoms with Crippen LogP contribution in [-0.4, -0.2) is 97.2 Å². The SMILES string of the molecule is C=Nc1ncc(/C(=C/C(C)OC2CCN(C(=O)OC)CC2)N=C(N)N2CCOCC2)c(C(F)(F)F)n1. The molecular weight excluding hydrogens is 483 g/mol. The van der Waals surface area contributed by atoms with E-state index >= 15 is 0 Å². The average molecular weight is 514 g/mol. The van der Waals surface area contributed by atoms with Crippen molar-refractivity contribution in [2.75, 3.05) is 46.5 Å². The zero-order chi connectivity index (χ0) is 26.3. The summed E-state index contributed by atoms with van der Waals surface area (Å²) in [6.07, 6.45) is -2.48. The van der Waals surface area contributed by atoms with Gasteiger partial charge in [-0.05, 0) is 32.6 Å². The number of methoxy groups -OCH3 is 1. The summed E-state index contributed by atoms with van der Waals surface area (Å²) in [5.41, 5.74) is 4.51. The van der Waals surface area contributed by atoms with E-state index in [9.17, 15) is 18.0 Å². The van der Waals surface area contributed by atoms with Gasteiger partial charge in [0.2, 0.25) is 5.95 Å². The molecule has 1 atom stereocenters. The minimum absolute atomic E-state index is 0.0437. The highest BCUT2D eigenvalue weighted by molar-refractivity contribution is 5.85. The molecule has 2 aliphatic rings. The first-order chi connectivity index (χ1) is 17.1. The molecule has 0 aliphatic carbocycles. The predicted molar refractivity (Wildman–Crippen MR) is 126 cm³/mol. The predicted octanol–water partition coefficient (Wildman–Crippen LogP) is 2.45. The molecule has 2 aliphatic heterocycles. The maximum atomic E-state index is 13.9. The maximum Gasteiger partial charge on any atom is 0.434 e. The third-order valence-corrected chi connectivity index (χ3v) is 5.71. The number of likely N-dealkylation sites (tertiary alicyclic amines) is 1. The van der Waals surface area contributed by atoms with Crippen molar-refractivity contribution in [1.82, 2.24) is 19.8 Å². The van der Waals surface area contributed by atoms with E-state index in [1.807, 2.05) is 0 Å². The zero-order valence-electron chi connectivity index (χ0n) is 20.2. The molecule has 0 spiro atoms. The second-order valence-electron chi connectivity index (χ2n) is 8.21. The van der Waals surface area contributed by atoms with Crippen molar-refractivity contribution in [3.8, 4) is 0 Å². The van der Waals surface area contributed by atoms with Crippen LogP contribution in [0.15, 0.2) is 22.3 Å². The summed E-state index contributed by atoms with van der Waals surface area (Å²) < 4.78 is 57.8. The number of rotatable bonds is 6. The second-order valence-corrected chi connectivity index (χ2v) is 8.21. The third kappa shape index (κ3) is 7.13. The van der Waals surface area contributed by atoms with Crippen LogP contribution in [0.2, 0.25) is 0 Å². The Morgan fingerprint density at radius 2 is 1.94 bits per heavy atom. The normalized spacial score (nSPS) is 19.2. The Morgan fingerprint density at radius 3 is 2.53 bits per heavy atom. The van der Waals surface area contributed by atoms with Gasteiger partial charge in [-0.2, -0.15) is 13.2 Å². The number of alkyl halides is 3. The molecule has 3 rings (SSSR count). The number of carbonyl (C=O) groups is 1. The minimum atomic E-state index is -4.80. The quantitative estimate of drug-likeness (QED) is 0.454. The molecule has 0 saturated carbocycles. The smallest absolute Gasteiger partial charge is 0.434 e. The lowest BCUT2D eigenvalue weighted by Crippen LogP contribution is -2.44. The first kappa shape index (κ1) is 27.3. The molecule has 1 aromatic heterocycles. The lowest BCUT2D eigenvalue weighted by Gasteiger charge is -2.32. The molecule has 2 saturated heterocycles. The number of nitrogens with two attached hydrogens (primary N) is 1. The summed E-state index contributed by atoms with van der Waals surface area (Å²) in [5, 5.41) is 0. The van der Waals surface area contributed by atoms with Gasteiger partial charge in [0.05, 0.1) is 38.2 Å². The van der Waals surface area contributed by atoms with Crippen molar-refractivity contribution in [1.29, 1.82) is 0 Å². The van der Waals surface area contributed by atoms with E-state index in [0.717, 1.165) is 6.20 Å². The van der Waals surface area contributed by atoms with Crippen LogP contribution < -0.4 is 5.73 Å². The molecule has 2 fully saturated rings. The van der Waals surface area contributed by atoms with Crippen molar-refractivity contribution in [3.05, 3.63) is 23.5 Å². The topological polar surface area (TPSA) is 128 Å². The largest absolute Gasteiger partial charge is 0.453 e. The van der Waals surface area contributed by atoms with Crippen molar-refractivity contribution in [3.63, 3.8) is 0 Å². The Hall–Kier alpha value is -3.26. The molecule has 2 N–H and O–H groups in total. The standard InChI is InChI=1S/C22H30F3N7O4/c1-14(36-15-4-6-32(7-5-15)21(33)34-3)12-17(29-19(26)31-8-10-35-11-9-31)16-13-28-20(27-2)30-18(16)22(23,24)25/h12-15H,2,4-11H2,1,3H3,(H2,26,29)/b17-12-. The van der Waals surface area contributed by atoms with Crippen LogP contribution in [0.1, 0.15) is 31.0 Å². The van der Waals surface area contributed by atoms with Gasteiger partial charge in [-0.1, -0.05) is 0 Å². The van der Waals surface area contributed by atoms with Gasteiger partial charge in [0, 0.05) is 37.9 Å². The van der Waals surface area contributed by atoms with E-state index in [0.29, 0.717) is 52.2 Å². The van der Waals surface area contributed by atoms with Crippen LogP contribution in [0, 0.1) is 0 Å². The Balaban J connectivity index is 1.90. The molecule has 1 aromatic rings. The fourth-order valence-corrected chi connectivity index (χ4v) is 3.89. The summed E-state index contributed by atoms with van der Waals surface area (Å²) >= 11 is 0. The Bertz CT molecular complexity index is 988. The van der Waals surface area contributed by atoms with E-state index < -0.39 is 30.0 Å². The fraction of sp³-hybridized carbons (Fsp3) is 0.591. The number of ether oxygens (including phenoxy) is 3. The number of guanidine groups is 1. The maximum absolute atomic E-state index is 13.9. The second kappa shape index (κ2) is 12.1. The molecule has 0 radical (unpaired) electrons. The number of piperidine rings is 1. The number of aromatic nitrogens is 2. The zero-order valence-corrected chi connectivity index (χ0v) is 20.2. The Morgan fingerprint density at radius 1 is 1.28 bits per heavy atom. The van der Waals surface area contributed by atoms with Gasteiger partial charge in [0.25, 0.3) is 0 Å². The van der Waals surface area contributed by atoms with E-state index in [4.69, 9.17) is 19.9 Å². The monoisotopic (exact) mass is 513 g/mol.